The van der Waals surface area contributed by atoms with Crippen LogP contribution in [0.1, 0.15) is 57.0 Å². The Bertz CT molecular complexity index is 1230. The molecular weight excluding hydrogens is 555 g/mol. The minimum absolute atomic E-state index is 0.118. The van der Waals surface area contributed by atoms with Gasteiger partial charge in [-0.1, -0.05) is 36.4 Å². The van der Waals surface area contributed by atoms with Crippen LogP contribution in [0, 0.1) is 12.7 Å². The summed E-state index contributed by atoms with van der Waals surface area (Å²) in [4.78, 5) is 22.6. The van der Waals surface area contributed by atoms with E-state index in [0.29, 0.717) is 28.5 Å². The van der Waals surface area contributed by atoms with Crippen LogP contribution in [0.4, 0.5) is 4.39 Å². The van der Waals surface area contributed by atoms with E-state index in [2.05, 4.69) is 9.21 Å². The molecule has 1 saturated heterocycles. The Labute approximate surface area is 252 Å². The van der Waals surface area contributed by atoms with Gasteiger partial charge in [-0.25, -0.2) is 12.9 Å². The van der Waals surface area contributed by atoms with E-state index in [4.69, 9.17) is 9.47 Å². The number of rotatable bonds is 10. The number of carbonyl (C=O) groups excluding carboxylic acids is 2. The number of benzene rings is 3. The highest BCUT2D eigenvalue weighted by atomic mass is 32.2. The summed E-state index contributed by atoms with van der Waals surface area (Å²) in [5.74, 6) is 2.44. The Morgan fingerprint density at radius 1 is 0.905 bits per heavy atom. The third-order valence-electron chi connectivity index (χ3n) is 6.88. The molecule has 42 heavy (non-hydrogen) atoms. The average Bonchev–Trinajstić information content (AvgIpc) is 3.02. The first-order valence-electron chi connectivity index (χ1n) is 13.9. The van der Waals surface area contributed by atoms with E-state index >= 15 is 0 Å². The van der Waals surface area contributed by atoms with Gasteiger partial charge in [-0.2, -0.15) is 0 Å². The summed E-state index contributed by atoms with van der Waals surface area (Å²) in [5.41, 5.74) is 3.17. The molecular formula is C33H43FN2O5S. The van der Waals surface area contributed by atoms with Crippen LogP contribution in [0.3, 0.4) is 0 Å². The second-order valence-corrected chi connectivity index (χ2v) is 11.7. The molecule has 0 N–H and O–H groups in total. The van der Waals surface area contributed by atoms with Crippen LogP contribution < -0.4 is 9.47 Å². The first-order valence-corrected chi connectivity index (χ1v) is 15.2. The second-order valence-electron chi connectivity index (χ2n) is 10.1. The van der Waals surface area contributed by atoms with E-state index in [1.807, 2.05) is 27.1 Å². The summed E-state index contributed by atoms with van der Waals surface area (Å²) in [5, 5.41) is 0. The van der Waals surface area contributed by atoms with Crippen LogP contribution in [0.25, 0.3) is 0 Å². The van der Waals surface area contributed by atoms with Crippen molar-refractivity contribution < 1.29 is 27.7 Å². The molecule has 1 fully saturated rings. The van der Waals surface area contributed by atoms with Crippen molar-refractivity contribution in [3.63, 3.8) is 0 Å². The molecule has 3 aromatic rings. The van der Waals surface area contributed by atoms with Crippen molar-refractivity contribution in [2.45, 2.75) is 32.1 Å². The minimum atomic E-state index is -0.871. The molecule has 7 nitrogen and oxygen atoms in total. The van der Waals surface area contributed by atoms with Crippen LogP contribution >= 0.6 is 0 Å². The van der Waals surface area contributed by atoms with Gasteiger partial charge in [0.25, 0.3) is 0 Å². The molecule has 9 heteroatoms. The molecule has 0 aliphatic carbocycles. The minimum Gasteiger partial charge on any atom is -0.497 e. The number of piperidine rings is 1. The molecule has 3 aromatic carbocycles. The maximum atomic E-state index is 13.7. The first-order chi connectivity index (χ1) is 20.2. The zero-order chi connectivity index (χ0) is 30.9. The van der Waals surface area contributed by atoms with Gasteiger partial charge in [0.2, 0.25) is 0 Å². The van der Waals surface area contributed by atoms with Crippen molar-refractivity contribution in [3.8, 4) is 11.5 Å². The van der Waals surface area contributed by atoms with Gasteiger partial charge >= 0.3 is 0 Å². The average molecular weight is 599 g/mol. The highest BCUT2D eigenvalue weighted by Gasteiger charge is 2.25. The zero-order valence-electron chi connectivity index (χ0n) is 25.3. The Morgan fingerprint density at radius 2 is 1.43 bits per heavy atom. The van der Waals surface area contributed by atoms with Crippen molar-refractivity contribution in [1.29, 1.82) is 0 Å². The van der Waals surface area contributed by atoms with Gasteiger partial charge < -0.3 is 14.4 Å². The lowest BCUT2D eigenvalue weighted by atomic mass is 9.87. The lowest BCUT2D eigenvalue weighted by Crippen LogP contribution is -2.36. The van der Waals surface area contributed by atoms with Crippen molar-refractivity contribution in [1.82, 2.24) is 9.21 Å². The molecule has 0 aromatic heterocycles. The molecule has 0 spiro atoms. The fourth-order valence-electron chi connectivity index (χ4n) is 4.50. The van der Waals surface area contributed by atoms with Crippen LogP contribution in [-0.4, -0.2) is 79.7 Å². The topological polar surface area (TPSA) is 76.1 Å². The van der Waals surface area contributed by atoms with Crippen LogP contribution in [0.15, 0.2) is 66.7 Å². The van der Waals surface area contributed by atoms with Gasteiger partial charge in [-0.3, -0.25) is 9.59 Å². The molecule has 4 rings (SSSR count). The number of hydrogen-bond donors (Lipinski definition) is 0. The summed E-state index contributed by atoms with van der Waals surface area (Å²) in [6.45, 7) is 4.52. The van der Waals surface area contributed by atoms with E-state index in [1.54, 1.807) is 68.8 Å². The van der Waals surface area contributed by atoms with Crippen molar-refractivity contribution in [2.24, 2.45) is 0 Å². The Balaban J connectivity index is 0.000000254. The Morgan fingerprint density at radius 3 is 1.90 bits per heavy atom. The number of hydrogen-bond acceptors (Lipinski definition) is 6. The maximum absolute atomic E-state index is 13.7. The van der Waals surface area contributed by atoms with Gasteiger partial charge in [0.05, 0.1) is 25.2 Å². The predicted octanol–water partition coefficient (Wildman–Crippen LogP) is 5.94. The molecule has 1 heterocycles. The van der Waals surface area contributed by atoms with E-state index in [9.17, 15) is 18.2 Å². The fraction of sp³-hybridized carbons (Fsp3) is 0.394. The zero-order valence-corrected chi connectivity index (χ0v) is 26.1. The molecule has 0 saturated carbocycles. The van der Waals surface area contributed by atoms with Gasteiger partial charge in [-0.05, 0) is 94.2 Å². The van der Waals surface area contributed by atoms with Crippen molar-refractivity contribution in [3.05, 3.63) is 94.8 Å². The standard InChI is InChI=1S/C17H27FN2OS.2C8H8O2/c1-14-16(6-4-7-17(14)18)15-8-11-20(12-9-15)22(21)13-5-10-19(2)3;2*1-10-8-4-2-3-7(5-8)6-9/h4,6-7,15H,5,8-13H2,1-3H3;2*2-6H,1H3. The molecule has 0 amide bonds. The van der Waals surface area contributed by atoms with Crippen LogP contribution in [0.5, 0.6) is 11.5 Å². The summed E-state index contributed by atoms with van der Waals surface area (Å²) in [6.07, 6.45) is 4.47. The van der Waals surface area contributed by atoms with E-state index in [0.717, 1.165) is 68.3 Å². The van der Waals surface area contributed by atoms with Gasteiger partial charge in [0, 0.05) is 30.0 Å². The summed E-state index contributed by atoms with van der Waals surface area (Å²) < 4.78 is 37.9. The normalized spacial score (nSPS) is 14.1. The van der Waals surface area contributed by atoms with Gasteiger partial charge in [0.1, 0.15) is 29.9 Å². The van der Waals surface area contributed by atoms with Gasteiger partial charge in [-0.15, -0.1) is 0 Å². The highest BCUT2D eigenvalue weighted by Crippen LogP contribution is 2.31. The van der Waals surface area contributed by atoms with Crippen molar-refractivity contribution >= 4 is 23.6 Å². The SMILES string of the molecule is COc1cccc(C=O)c1.COc1cccc(C=O)c1.Cc1c(F)cccc1C1CCN(S(=O)CCCN(C)C)CC1. The number of carbonyl (C=O) groups is 2. The van der Waals surface area contributed by atoms with E-state index in [-0.39, 0.29) is 5.82 Å². The summed E-state index contributed by atoms with van der Waals surface area (Å²) in [7, 11) is 6.35. The third kappa shape index (κ3) is 11.8. The largest absolute Gasteiger partial charge is 0.497 e. The highest BCUT2D eigenvalue weighted by molar-refractivity contribution is 7.82. The molecule has 0 bridgehead atoms. The summed E-state index contributed by atoms with van der Waals surface area (Å²) >= 11 is 0. The molecule has 1 atom stereocenters. The van der Waals surface area contributed by atoms with Gasteiger partial charge in [0.15, 0.2) is 0 Å². The quantitative estimate of drug-likeness (QED) is 0.269. The van der Waals surface area contributed by atoms with Crippen LogP contribution in [-0.2, 0) is 11.0 Å². The lowest BCUT2D eigenvalue weighted by molar-refractivity contribution is 0.111. The van der Waals surface area contributed by atoms with Crippen LogP contribution in [0.2, 0.25) is 0 Å². The van der Waals surface area contributed by atoms with Crippen molar-refractivity contribution in [2.75, 3.05) is 53.7 Å². The lowest BCUT2D eigenvalue weighted by Gasteiger charge is -2.31. The Kier molecular flexibility index (Phi) is 15.7. The number of halogens is 1. The Hall–Kier alpha value is -3.40. The van der Waals surface area contributed by atoms with E-state index < -0.39 is 11.0 Å². The molecule has 1 unspecified atom stereocenters. The monoisotopic (exact) mass is 598 g/mol. The second kappa shape index (κ2) is 18.9. The van der Waals surface area contributed by atoms with E-state index in [1.165, 1.54) is 6.07 Å². The smallest absolute Gasteiger partial charge is 0.150 e. The molecule has 228 valence electrons. The predicted molar refractivity (Wildman–Crippen MR) is 168 cm³/mol. The molecule has 1 aliphatic rings. The molecule has 1 aliphatic heterocycles. The summed E-state index contributed by atoms with van der Waals surface area (Å²) in [6, 6.07) is 19.3. The number of aldehydes is 2. The maximum Gasteiger partial charge on any atom is 0.150 e. The number of nitrogens with zero attached hydrogens (tertiary/aromatic N) is 2. The number of ether oxygens (including phenoxy) is 2. The fourth-order valence-corrected chi connectivity index (χ4v) is 5.75. The first kappa shape index (κ1) is 34.8. The number of methoxy groups -OCH3 is 2. The third-order valence-corrected chi connectivity index (χ3v) is 8.45. The molecule has 0 radical (unpaired) electrons.